The molecule has 0 aliphatic rings. The van der Waals surface area contributed by atoms with Crippen molar-refractivity contribution in [1.29, 1.82) is 0 Å². The molecular weight excluding hydrogens is 176 g/mol. The Balaban J connectivity index is 2.34. The number of aromatic nitrogens is 1. The highest BCUT2D eigenvalue weighted by molar-refractivity contribution is 5.73. The Kier molecular flexibility index (Phi) is 3.74. The number of rotatable bonds is 5. The molecule has 0 radical (unpaired) electrons. The van der Waals surface area contributed by atoms with Gasteiger partial charge in [-0.3, -0.25) is 4.79 Å². The second-order valence-electron chi connectivity index (χ2n) is 3.69. The maximum atomic E-state index is 10.5. The molecule has 1 heterocycles. The van der Waals surface area contributed by atoms with E-state index in [2.05, 4.69) is 30.5 Å². The van der Waals surface area contributed by atoms with Crippen LogP contribution in [-0.2, 0) is 11.3 Å². The lowest BCUT2D eigenvalue weighted by Gasteiger charge is -2.08. The van der Waals surface area contributed by atoms with E-state index >= 15 is 0 Å². The molecule has 0 saturated heterocycles. The van der Waals surface area contributed by atoms with Crippen LogP contribution >= 0.6 is 0 Å². The van der Waals surface area contributed by atoms with E-state index in [1.54, 1.807) is 0 Å². The first kappa shape index (κ1) is 10.8. The third-order valence-corrected chi connectivity index (χ3v) is 2.47. The van der Waals surface area contributed by atoms with E-state index < -0.39 is 0 Å². The van der Waals surface area contributed by atoms with E-state index in [1.807, 2.05) is 0 Å². The Hall–Kier alpha value is -1.25. The minimum Gasteiger partial charge on any atom is -0.370 e. The third-order valence-electron chi connectivity index (χ3n) is 2.47. The van der Waals surface area contributed by atoms with Gasteiger partial charge in [0.1, 0.15) is 0 Å². The van der Waals surface area contributed by atoms with E-state index in [-0.39, 0.29) is 5.91 Å². The molecule has 1 aromatic rings. The summed E-state index contributed by atoms with van der Waals surface area (Å²) in [5.74, 6) is -0.203. The molecule has 0 aliphatic carbocycles. The summed E-state index contributed by atoms with van der Waals surface area (Å²) in [6.45, 7) is 5.18. The van der Waals surface area contributed by atoms with Crippen molar-refractivity contribution < 1.29 is 4.79 Å². The van der Waals surface area contributed by atoms with Gasteiger partial charge in [-0.25, -0.2) is 0 Å². The average molecular weight is 194 g/mol. The molecular formula is C11H18N2O. The lowest BCUT2D eigenvalue weighted by atomic mass is 10.2. The lowest BCUT2D eigenvalue weighted by molar-refractivity contribution is -0.118. The molecule has 0 spiro atoms. The van der Waals surface area contributed by atoms with Crippen molar-refractivity contribution in [2.45, 2.75) is 39.7 Å². The Morgan fingerprint density at radius 3 is 2.36 bits per heavy atom. The molecule has 0 aliphatic heterocycles. The molecule has 14 heavy (non-hydrogen) atoms. The predicted octanol–water partition coefficient (Wildman–Crippen LogP) is 1.76. The molecule has 0 saturated carbocycles. The molecule has 0 bridgehead atoms. The molecule has 0 aromatic carbocycles. The van der Waals surface area contributed by atoms with Gasteiger partial charge < -0.3 is 10.3 Å². The molecule has 3 heteroatoms. The summed E-state index contributed by atoms with van der Waals surface area (Å²) in [5, 5.41) is 0. The first-order valence-corrected chi connectivity index (χ1v) is 5.02. The average Bonchev–Trinajstić information content (AvgIpc) is 2.42. The van der Waals surface area contributed by atoms with Crippen LogP contribution in [0.2, 0.25) is 0 Å². The summed E-state index contributed by atoms with van der Waals surface area (Å²) < 4.78 is 2.26. The van der Waals surface area contributed by atoms with Crippen molar-refractivity contribution in [2.75, 3.05) is 0 Å². The maximum Gasteiger partial charge on any atom is 0.217 e. The van der Waals surface area contributed by atoms with Gasteiger partial charge in [-0.05, 0) is 38.8 Å². The Morgan fingerprint density at radius 1 is 1.29 bits per heavy atom. The molecule has 3 nitrogen and oxygen atoms in total. The highest BCUT2D eigenvalue weighted by Gasteiger charge is 2.00. The minimum atomic E-state index is -0.203. The highest BCUT2D eigenvalue weighted by atomic mass is 16.1. The molecule has 0 unspecified atom stereocenters. The number of carbonyl (C=O) groups excluding carboxylic acids is 1. The van der Waals surface area contributed by atoms with Crippen LogP contribution in [0.15, 0.2) is 12.1 Å². The van der Waals surface area contributed by atoms with Crippen molar-refractivity contribution in [2.24, 2.45) is 5.73 Å². The molecule has 0 atom stereocenters. The normalized spacial score (nSPS) is 10.4. The topological polar surface area (TPSA) is 48.0 Å². The fourth-order valence-corrected chi connectivity index (χ4v) is 1.62. The number of unbranched alkanes of at least 4 members (excludes halogenated alkanes) is 1. The zero-order chi connectivity index (χ0) is 10.6. The first-order valence-electron chi connectivity index (χ1n) is 5.02. The van der Waals surface area contributed by atoms with Crippen LogP contribution < -0.4 is 5.73 Å². The lowest BCUT2D eigenvalue weighted by Crippen LogP contribution is -2.10. The van der Waals surface area contributed by atoms with E-state index in [0.717, 1.165) is 19.4 Å². The zero-order valence-corrected chi connectivity index (χ0v) is 8.92. The van der Waals surface area contributed by atoms with Crippen molar-refractivity contribution in [1.82, 2.24) is 4.57 Å². The first-order chi connectivity index (χ1) is 6.61. The second kappa shape index (κ2) is 4.84. The van der Waals surface area contributed by atoms with Gasteiger partial charge in [0.2, 0.25) is 5.91 Å². The largest absolute Gasteiger partial charge is 0.370 e. The minimum absolute atomic E-state index is 0.203. The van der Waals surface area contributed by atoms with Gasteiger partial charge in [-0.1, -0.05) is 0 Å². The summed E-state index contributed by atoms with van der Waals surface area (Å²) in [6.07, 6.45) is 2.39. The monoisotopic (exact) mass is 194 g/mol. The van der Waals surface area contributed by atoms with Crippen LogP contribution in [0, 0.1) is 13.8 Å². The molecule has 1 amide bonds. The van der Waals surface area contributed by atoms with Gasteiger partial charge in [-0.2, -0.15) is 0 Å². The predicted molar refractivity (Wildman–Crippen MR) is 57.0 cm³/mol. The summed E-state index contributed by atoms with van der Waals surface area (Å²) in [5.41, 5.74) is 7.62. The van der Waals surface area contributed by atoms with Gasteiger partial charge >= 0.3 is 0 Å². The molecule has 1 rings (SSSR count). The molecule has 0 fully saturated rings. The van der Waals surface area contributed by atoms with Gasteiger partial charge in [0.05, 0.1) is 0 Å². The second-order valence-corrected chi connectivity index (χ2v) is 3.69. The standard InChI is InChI=1S/C11H18N2O/c1-9-6-7-10(2)13(9)8-4-3-5-11(12)14/h6-7H,3-5,8H2,1-2H3,(H2,12,14). The number of carbonyl (C=O) groups is 1. The van der Waals surface area contributed by atoms with Gasteiger partial charge in [-0.15, -0.1) is 0 Å². The fourth-order valence-electron chi connectivity index (χ4n) is 1.62. The van der Waals surface area contributed by atoms with Crippen molar-refractivity contribution in [3.63, 3.8) is 0 Å². The van der Waals surface area contributed by atoms with E-state index in [1.165, 1.54) is 11.4 Å². The van der Waals surface area contributed by atoms with Crippen LogP contribution in [0.1, 0.15) is 30.7 Å². The number of amides is 1. The third kappa shape index (κ3) is 2.91. The summed E-state index contributed by atoms with van der Waals surface area (Å²) in [6, 6.07) is 4.23. The summed E-state index contributed by atoms with van der Waals surface area (Å²) in [7, 11) is 0. The Bertz CT molecular complexity index is 296. The highest BCUT2D eigenvalue weighted by Crippen LogP contribution is 2.09. The van der Waals surface area contributed by atoms with E-state index in [4.69, 9.17) is 5.73 Å². The molecule has 2 N–H and O–H groups in total. The van der Waals surface area contributed by atoms with Gasteiger partial charge in [0.15, 0.2) is 0 Å². The van der Waals surface area contributed by atoms with Crippen LogP contribution in [-0.4, -0.2) is 10.5 Å². The summed E-state index contributed by atoms with van der Waals surface area (Å²) >= 11 is 0. The number of nitrogens with zero attached hydrogens (tertiary/aromatic N) is 1. The number of primary amides is 1. The van der Waals surface area contributed by atoms with Crippen LogP contribution in [0.3, 0.4) is 0 Å². The smallest absolute Gasteiger partial charge is 0.217 e. The van der Waals surface area contributed by atoms with E-state index in [0.29, 0.717) is 6.42 Å². The van der Waals surface area contributed by atoms with Gasteiger partial charge in [0.25, 0.3) is 0 Å². The van der Waals surface area contributed by atoms with Crippen molar-refractivity contribution in [3.05, 3.63) is 23.5 Å². The number of aryl methyl sites for hydroxylation is 2. The number of hydrogen-bond donors (Lipinski definition) is 1. The summed E-state index contributed by atoms with van der Waals surface area (Å²) in [4.78, 5) is 10.5. The Labute approximate surface area is 84.9 Å². The van der Waals surface area contributed by atoms with Crippen LogP contribution in [0.25, 0.3) is 0 Å². The SMILES string of the molecule is Cc1ccc(C)n1CCCCC(N)=O. The van der Waals surface area contributed by atoms with Crippen LogP contribution in [0.5, 0.6) is 0 Å². The van der Waals surface area contributed by atoms with Crippen molar-refractivity contribution >= 4 is 5.91 Å². The molecule has 1 aromatic heterocycles. The van der Waals surface area contributed by atoms with Crippen molar-refractivity contribution in [3.8, 4) is 0 Å². The maximum absolute atomic E-state index is 10.5. The fraction of sp³-hybridized carbons (Fsp3) is 0.545. The molecule has 78 valence electrons. The van der Waals surface area contributed by atoms with Crippen LogP contribution in [0.4, 0.5) is 0 Å². The number of hydrogen-bond acceptors (Lipinski definition) is 1. The Morgan fingerprint density at radius 2 is 1.86 bits per heavy atom. The quantitative estimate of drug-likeness (QED) is 0.713. The van der Waals surface area contributed by atoms with Gasteiger partial charge in [0, 0.05) is 24.4 Å². The number of nitrogens with two attached hydrogens (primary N) is 1. The van der Waals surface area contributed by atoms with E-state index in [9.17, 15) is 4.79 Å². The zero-order valence-electron chi connectivity index (χ0n) is 8.92.